The van der Waals surface area contributed by atoms with E-state index in [0.29, 0.717) is 12.0 Å². The highest BCUT2D eigenvalue weighted by Gasteiger charge is 2.35. The first-order chi connectivity index (χ1) is 9.88. The zero-order valence-electron chi connectivity index (χ0n) is 14.4. The minimum atomic E-state index is 0.0709. The molecule has 1 aromatic rings. The lowest BCUT2D eigenvalue weighted by Gasteiger charge is -2.35. The van der Waals surface area contributed by atoms with Gasteiger partial charge in [0.1, 0.15) is 0 Å². The maximum Gasteiger partial charge on any atom is 0.0725 e. The van der Waals surface area contributed by atoms with Gasteiger partial charge in [0.2, 0.25) is 0 Å². The minimum absolute atomic E-state index is 0.0709. The Hall–Kier alpha value is -0.870. The first-order valence-corrected chi connectivity index (χ1v) is 8.36. The second kappa shape index (κ2) is 6.49. The molecule has 1 aliphatic rings. The van der Waals surface area contributed by atoms with Crippen LogP contribution in [0, 0.1) is 5.92 Å². The van der Waals surface area contributed by atoms with Crippen LogP contribution in [0.4, 0.5) is 0 Å². The smallest absolute Gasteiger partial charge is 0.0725 e. The molecular weight excluding hydrogens is 260 g/mol. The fourth-order valence-corrected chi connectivity index (χ4v) is 3.67. The predicted molar refractivity (Wildman–Crippen MR) is 88.3 cm³/mol. The lowest BCUT2D eigenvalue weighted by Crippen LogP contribution is -2.36. The lowest BCUT2D eigenvalue weighted by molar-refractivity contribution is 0.164. The summed E-state index contributed by atoms with van der Waals surface area (Å²) < 4.78 is 1.97. The van der Waals surface area contributed by atoms with E-state index in [2.05, 4.69) is 38.8 Å². The molecule has 4 heteroatoms. The first kappa shape index (κ1) is 16.5. The standard InChI is InChI=1S/C17H32N4/c1-6-21-10-8-7-9-13(11-18)15(21)14-12-20(5)19-16(14)17(2,3)4/h12-13,15H,6-11,18H2,1-5H3. The van der Waals surface area contributed by atoms with Crippen LogP contribution in [0.25, 0.3) is 0 Å². The Morgan fingerprint density at radius 3 is 2.62 bits per heavy atom. The van der Waals surface area contributed by atoms with Crippen LogP contribution in [0.15, 0.2) is 6.20 Å². The van der Waals surface area contributed by atoms with Crippen LogP contribution in [-0.4, -0.2) is 34.3 Å². The zero-order chi connectivity index (χ0) is 15.6. The quantitative estimate of drug-likeness (QED) is 0.932. The van der Waals surface area contributed by atoms with Gasteiger partial charge >= 0.3 is 0 Å². The van der Waals surface area contributed by atoms with Crippen molar-refractivity contribution in [2.75, 3.05) is 19.6 Å². The van der Waals surface area contributed by atoms with Gasteiger partial charge in [-0.3, -0.25) is 9.58 Å². The monoisotopic (exact) mass is 292 g/mol. The van der Waals surface area contributed by atoms with E-state index in [1.54, 1.807) is 0 Å². The highest BCUT2D eigenvalue weighted by Crippen LogP contribution is 2.38. The highest BCUT2D eigenvalue weighted by atomic mass is 15.3. The van der Waals surface area contributed by atoms with Crippen molar-refractivity contribution in [1.29, 1.82) is 0 Å². The number of hydrogen-bond acceptors (Lipinski definition) is 3. The number of likely N-dealkylation sites (tertiary alicyclic amines) is 1. The summed E-state index contributed by atoms with van der Waals surface area (Å²) in [6.07, 6.45) is 6.03. The fraction of sp³-hybridized carbons (Fsp3) is 0.824. The molecule has 2 rings (SSSR count). The van der Waals surface area contributed by atoms with Gasteiger partial charge in [-0.1, -0.05) is 34.1 Å². The van der Waals surface area contributed by atoms with Gasteiger partial charge in [-0.2, -0.15) is 5.10 Å². The molecule has 0 saturated carbocycles. The molecule has 2 unspecified atom stereocenters. The molecular formula is C17H32N4. The van der Waals surface area contributed by atoms with Crippen LogP contribution in [-0.2, 0) is 12.5 Å². The third kappa shape index (κ3) is 3.49. The Balaban J connectivity index is 2.48. The van der Waals surface area contributed by atoms with Crippen LogP contribution in [0.2, 0.25) is 0 Å². The number of aromatic nitrogens is 2. The summed E-state index contributed by atoms with van der Waals surface area (Å²) in [5.41, 5.74) is 8.82. The van der Waals surface area contributed by atoms with E-state index < -0.39 is 0 Å². The Bertz CT molecular complexity index is 444. The van der Waals surface area contributed by atoms with Crippen molar-refractivity contribution >= 4 is 0 Å². The summed E-state index contributed by atoms with van der Waals surface area (Å²) in [5.74, 6) is 0.540. The van der Waals surface area contributed by atoms with Crippen molar-refractivity contribution < 1.29 is 0 Å². The molecule has 1 saturated heterocycles. The van der Waals surface area contributed by atoms with Crippen molar-refractivity contribution in [2.45, 2.75) is 58.4 Å². The average molecular weight is 292 g/mol. The summed E-state index contributed by atoms with van der Waals surface area (Å²) in [6, 6.07) is 0.422. The molecule has 0 radical (unpaired) electrons. The lowest BCUT2D eigenvalue weighted by atomic mass is 9.82. The number of nitrogens with zero attached hydrogens (tertiary/aromatic N) is 3. The van der Waals surface area contributed by atoms with Gasteiger partial charge in [0.25, 0.3) is 0 Å². The molecule has 120 valence electrons. The summed E-state index contributed by atoms with van der Waals surface area (Å²) >= 11 is 0. The normalized spacial score (nSPS) is 25.0. The Morgan fingerprint density at radius 1 is 1.33 bits per heavy atom. The van der Waals surface area contributed by atoms with Crippen molar-refractivity contribution in [3.8, 4) is 0 Å². The molecule has 2 heterocycles. The van der Waals surface area contributed by atoms with E-state index in [4.69, 9.17) is 10.8 Å². The summed E-state index contributed by atoms with van der Waals surface area (Å²) in [7, 11) is 2.03. The maximum absolute atomic E-state index is 6.13. The maximum atomic E-state index is 6.13. The second-order valence-corrected chi connectivity index (χ2v) is 7.42. The van der Waals surface area contributed by atoms with Gasteiger partial charge in [-0.05, 0) is 38.4 Å². The topological polar surface area (TPSA) is 47.1 Å². The fourth-order valence-electron chi connectivity index (χ4n) is 3.67. The third-order valence-electron chi connectivity index (χ3n) is 4.71. The number of rotatable bonds is 3. The number of nitrogens with two attached hydrogens (primary N) is 1. The molecule has 0 amide bonds. The summed E-state index contributed by atoms with van der Waals surface area (Å²) in [5, 5.41) is 4.77. The van der Waals surface area contributed by atoms with E-state index in [1.807, 2.05) is 11.7 Å². The van der Waals surface area contributed by atoms with Crippen molar-refractivity contribution in [3.05, 3.63) is 17.5 Å². The molecule has 1 aromatic heterocycles. The van der Waals surface area contributed by atoms with Crippen molar-refractivity contribution in [2.24, 2.45) is 18.7 Å². The molecule has 0 aromatic carbocycles. The van der Waals surface area contributed by atoms with E-state index in [-0.39, 0.29) is 5.41 Å². The largest absolute Gasteiger partial charge is 0.330 e. The summed E-state index contributed by atoms with van der Waals surface area (Å²) in [4.78, 5) is 2.61. The molecule has 0 bridgehead atoms. The highest BCUT2D eigenvalue weighted by molar-refractivity contribution is 5.28. The van der Waals surface area contributed by atoms with Gasteiger partial charge in [-0.25, -0.2) is 0 Å². The molecule has 0 aliphatic carbocycles. The summed E-state index contributed by atoms with van der Waals surface area (Å²) in [6.45, 7) is 12.0. The van der Waals surface area contributed by atoms with Crippen LogP contribution < -0.4 is 5.73 Å². The van der Waals surface area contributed by atoms with E-state index in [0.717, 1.165) is 13.1 Å². The van der Waals surface area contributed by atoms with Gasteiger partial charge in [0.05, 0.1) is 5.69 Å². The number of hydrogen-bond donors (Lipinski definition) is 1. The van der Waals surface area contributed by atoms with E-state index >= 15 is 0 Å². The molecule has 2 N–H and O–H groups in total. The molecule has 2 atom stereocenters. The molecule has 21 heavy (non-hydrogen) atoms. The van der Waals surface area contributed by atoms with Crippen LogP contribution in [0.3, 0.4) is 0 Å². The molecule has 4 nitrogen and oxygen atoms in total. The van der Waals surface area contributed by atoms with Crippen LogP contribution >= 0.6 is 0 Å². The third-order valence-corrected chi connectivity index (χ3v) is 4.71. The first-order valence-electron chi connectivity index (χ1n) is 8.36. The molecule has 0 spiro atoms. The molecule has 1 fully saturated rings. The molecule has 1 aliphatic heterocycles. The van der Waals surface area contributed by atoms with Gasteiger partial charge in [0, 0.05) is 30.3 Å². The van der Waals surface area contributed by atoms with Gasteiger partial charge < -0.3 is 5.73 Å². The SMILES string of the molecule is CCN1CCCCC(CN)C1c1cn(C)nc1C(C)(C)C. The Labute approximate surface area is 129 Å². The van der Waals surface area contributed by atoms with E-state index in [1.165, 1.54) is 37.1 Å². The Morgan fingerprint density at radius 2 is 2.05 bits per heavy atom. The minimum Gasteiger partial charge on any atom is -0.330 e. The van der Waals surface area contributed by atoms with E-state index in [9.17, 15) is 0 Å². The van der Waals surface area contributed by atoms with Crippen molar-refractivity contribution in [1.82, 2.24) is 14.7 Å². The van der Waals surface area contributed by atoms with Crippen LogP contribution in [0.5, 0.6) is 0 Å². The van der Waals surface area contributed by atoms with Gasteiger partial charge in [-0.15, -0.1) is 0 Å². The zero-order valence-corrected chi connectivity index (χ0v) is 14.4. The van der Waals surface area contributed by atoms with Crippen molar-refractivity contribution in [3.63, 3.8) is 0 Å². The second-order valence-electron chi connectivity index (χ2n) is 7.42. The number of aryl methyl sites for hydroxylation is 1. The average Bonchev–Trinajstić information content (AvgIpc) is 2.69. The van der Waals surface area contributed by atoms with Crippen LogP contribution in [0.1, 0.15) is 64.3 Å². The van der Waals surface area contributed by atoms with Gasteiger partial charge in [0.15, 0.2) is 0 Å². The predicted octanol–water partition coefficient (Wildman–Crippen LogP) is 2.84. The Kier molecular flexibility index (Phi) is 5.10.